The molecule has 6 heteroatoms. The van der Waals surface area contributed by atoms with E-state index in [1.54, 1.807) is 6.20 Å². The number of aryl methyl sites for hydroxylation is 3. The molecule has 1 aromatic carbocycles. The van der Waals surface area contributed by atoms with E-state index in [-0.39, 0.29) is 5.91 Å². The van der Waals surface area contributed by atoms with Crippen molar-refractivity contribution in [2.24, 2.45) is 0 Å². The number of hydrogen-bond acceptors (Lipinski definition) is 4. The molecule has 2 heterocycles. The van der Waals surface area contributed by atoms with E-state index in [2.05, 4.69) is 22.5 Å². The van der Waals surface area contributed by atoms with Crippen molar-refractivity contribution in [1.29, 1.82) is 0 Å². The molecule has 0 atom stereocenters. The topological polar surface area (TPSA) is 56.2 Å². The van der Waals surface area contributed by atoms with E-state index in [1.807, 2.05) is 36.0 Å². The van der Waals surface area contributed by atoms with Crippen molar-refractivity contribution in [1.82, 2.24) is 9.78 Å². The molecule has 5 nitrogen and oxygen atoms in total. The predicted molar refractivity (Wildman–Crippen MR) is 108 cm³/mol. The smallest absolute Gasteiger partial charge is 0.265 e. The van der Waals surface area contributed by atoms with E-state index in [9.17, 15) is 4.79 Å². The molecule has 27 heavy (non-hydrogen) atoms. The van der Waals surface area contributed by atoms with Gasteiger partial charge in [0.25, 0.3) is 5.91 Å². The molecule has 0 spiro atoms. The largest absolute Gasteiger partial charge is 0.489 e. The lowest BCUT2D eigenvalue weighted by atomic mass is 10.1. The third kappa shape index (κ3) is 3.76. The molecule has 0 unspecified atom stereocenters. The minimum Gasteiger partial charge on any atom is -0.489 e. The summed E-state index contributed by atoms with van der Waals surface area (Å²) in [5.41, 5.74) is 5.57. The fourth-order valence-corrected chi connectivity index (χ4v) is 4.24. The van der Waals surface area contributed by atoms with Crippen LogP contribution in [0.1, 0.15) is 45.4 Å². The van der Waals surface area contributed by atoms with Crippen molar-refractivity contribution >= 4 is 22.9 Å². The molecule has 0 saturated heterocycles. The van der Waals surface area contributed by atoms with Gasteiger partial charge in [-0.05, 0) is 67.8 Å². The number of nitrogens with one attached hydrogen (secondary N) is 1. The van der Waals surface area contributed by atoms with Crippen LogP contribution >= 0.6 is 11.3 Å². The van der Waals surface area contributed by atoms with Gasteiger partial charge < -0.3 is 10.1 Å². The van der Waals surface area contributed by atoms with Crippen LogP contribution in [-0.2, 0) is 26.0 Å². The minimum absolute atomic E-state index is 0.109. The highest BCUT2D eigenvalue weighted by molar-refractivity contribution is 7.12. The van der Waals surface area contributed by atoms with E-state index in [0.29, 0.717) is 11.5 Å². The van der Waals surface area contributed by atoms with Gasteiger partial charge >= 0.3 is 0 Å². The van der Waals surface area contributed by atoms with Crippen molar-refractivity contribution in [3.63, 3.8) is 0 Å². The first-order valence-corrected chi connectivity index (χ1v) is 10.2. The molecule has 1 N–H and O–H groups in total. The molecule has 1 amide bonds. The van der Waals surface area contributed by atoms with Crippen LogP contribution in [0.3, 0.4) is 0 Å². The summed E-state index contributed by atoms with van der Waals surface area (Å²) >= 11 is 1.43. The Bertz CT molecular complexity index is 974. The summed E-state index contributed by atoms with van der Waals surface area (Å²) in [7, 11) is 0. The quantitative estimate of drug-likeness (QED) is 0.679. The molecule has 4 rings (SSSR count). The number of carbonyl (C=O) groups is 1. The lowest BCUT2D eigenvalue weighted by molar-refractivity contribution is 0.103. The van der Waals surface area contributed by atoms with Crippen LogP contribution in [0.25, 0.3) is 0 Å². The summed E-state index contributed by atoms with van der Waals surface area (Å²) < 4.78 is 7.79. The molecule has 0 radical (unpaired) electrons. The standard InChI is InChI=1S/C21H23N3O2S/c1-3-24-14(2)19(11-22-24)23-21(25)20-9-15(13-27-20)12-26-18-8-7-16-5-4-6-17(16)10-18/h7-11,13H,3-6,12H2,1-2H3,(H,23,25). The number of benzene rings is 1. The van der Waals surface area contributed by atoms with E-state index >= 15 is 0 Å². The number of fused-ring (bicyclic) bond motifs is 1. The fourth-order valence-electron chi connectivity index (χ4n) is 3.45. The second-order valence-electron chi connectivity index (χ2n) is 6.81. The first-order chi connectivity index (χ1) is 13.1. The maximum Gasteiger partial charge on any atom is 0.265 e. The number of hydrogen-bond donors (Lipinski definition) is 1. The summed E-state index contributed by atoms with van der Waals surface area (Å²) in [6, 6.07) is 8.25. The average Bonchev–Trinajstić information content (AvgIpc) is 3.40. The molecule has 1 aliphatic carbocycles. The molecule has 0 saturated carbocycles. The molecular weight excluding hydrogens is 358 g/mol. The average molecular weight is 382 g/mol. The van der Waals surface area contributed by atoms with Gasteiger partial charge in [0, 0.05) is 12.1 Å². The maximum atomic E-state index is 12.5. The van der Waals surface area contributed by atoms with Gasteiger partial charge in [-0.2, -0.15) is 5.10 Å². The Morgan fingerprint density at radius 3 is 2.96 bits per heavy atom. The van der Waals surface area contributed by atoms with Crippen molar-refractivity contribution in [2.45, 2.75) is 46.3 Å². The van der Waals surface area contributed by atoms with Crippen molar-refractivity contribution in [3.8, 4) is 5.75 Å². The zero-order valence-electron chi connectivity index (χ0n) is 15.6. The van der Waals surface area contributed by atoms with E-state index in [1.165, 1.54) is 35.3 Å². The summed E-state index contributed by atoms with van der Waals surface area (Å²) in [5.74, 6) is 0.790. The molecular formula is C21H23N3O2S. The number of aromatic nitrogens is 2. The van der Waals surface area contributed by atoms with Crippen LogP contribution in [0.5, 0.6) is 5.75 Å². The van der Waals surface area contributed by atoms with Crippen LogP contribution in [0.4, 0.5) is 5.69 Å². The number of nitrogens with zero attached hydrogens (tertiary/aromatic N) is 2. The Labute approximate surface area is 163 Å². The summed E-state index contributed by atoms with van der Waals surface area (Å²) in [5, 5.41) is 9.18. The molecule has 140 valence electrons. The normalized spacial score (nSPS) is 12.8. The van der Waals surface area contributed by atoms with Gasteiger partial charge in [0.2, 0.25) is 0 Å². The van der Waals surface area contributed by atoms with Gasteiger partial charge in [-0.15, -0.1) is 11.3 Å². The zero-order valence-corrected chi connectivity index (χ0v) is 16.4. The predicted octanol–water partition coefficient (Wildman–Crippen LogP) is 4.59. The van der Waals surface area contributed by atoms with Crippen LogP contribution in [0, 0.1) is 6.92 Å². The summed E-state index contributed by atoms with van der Waals surface area (Å²) in [4.78, 5) is 13.2. The maximum absolute atomic E-state index is 12.5. The number of rotatable bonds is 6. The molecule has 3 aromatic rings. The highest BCUT2D eigenvalue weighted by Gasteiger charge is 2.14. The number of amides is 1. The second kappa shape index (κ2) is 7.56. The molecule has 0 fully saturated rings. The zero-order chi connectivity index (χ0) is 18.8. The minimum atomic E-state index is -0.109. The summed E-state index contributed by atoms with van der Waals surface area (Å²) in [6.45, 7) is 5.23. The first-order valence-electron chi connectivity index (χ1n) is 9.30. The van der Waals surface area contributed by atoms with Crippen LogP contribution in [0.15, 0.2) is 35.8 Å². The summed E-state index contributed by atoms with van der Waals surface area (Å²) in [6.07, 6.45) is 5.25. The van der Waals surface area contributed by atoms with E-state index < -0.39 is 0 Å². The van der Waals surface area contributed by atoms with Crippen molar-refractivity contribution in [2.75, 3.05) is 5.32 Å². The van der Waals surface area contributed by atoms with Crippen LogP contribution < -0.4 is 10.1 Å². The van der Waals surface area contributed by atoms with Gasteiger partial charge in [0.05, 0.1) is 22.5 Å². The lowest BCUT2D eigenvalue weighted by Crippen LogP contribution is -2.11. The number of anilines is 1. The molecule has 2 aromatic heterocycles. The third-order valence-corrected chi connectivity index (χ3v) is 5.98. The Morgan fingerprint density at radius 2 is 2.15 bits per heavy atom. The molecule has 1 aliphatic rings. The van der Waals surface area contributed by atoms with Gasteiger partial charge in [-0.3, -0.25) is 9.48 Å². The Kier molecular flexibility index (Phi) is 4.99. The van der Waals surface area contributed by atoms with Crippen molar-refractivity contribution < 1.29 is 9.53 Å². The highest BCUT2D eigenvalue weighted by Crippen LogP contribution is 2.27. The van der Waals surface area contributed by atoms with Crippen LogP contribution in [-0.4, -0.2) is 15.7 Å². The first kappa shape index (κ1) is 17.8. The Morgan fingerprint density at radius 1 is 1.30 bits per heavy atom. The number of carbonyl (C=O) groups excluding carboxylic acids is 1. The van der Waals surface area contributed by atoms with Gasteiger partial charge in [-0.1, -0.05) is 6.07 Å². The van der Waals surface area contributed by atoms with E-state index in [4.69, 9.17) is 4.74 Å². The van der Waals surface area contributed by atoms with E-state index in [0.717, 1.165) is 35.7 Å². The Balaban J connectivity index is 1.38. The fraction of sp³-hybridized carbons (Fsp3) is 0.333. The number of ether oxygens (including phenoxy) is 1. The third-order valence-electron chi connectivity index (χ3n) is 5.00. The Hall–Kier alpha value is -2.60. The van der Waals surface area contributed by atoms with Crippen molar-refractivity contribution in [3.05, 3.63) is 63.1 Å². The SMILES string of the molecule is CCn1ncc(NC(=O)c2cc(COc3ccc4c(c3)CCC4)cs2)c1C. The molecule has 0 bridgehead atoms. The van der Waals surface area contributed by atoms with Crippen LogP contribution in [0.2, 0.25) is 0 Å². The number of thiophene rings is 1. The van der Waals surface area contributed by atoms with Gasteiger partial charge in [-0.25, -0.2) is 0 Å². The van der Waals surface area contributed by atoms with Gasteiger partial charge in [0.1, 0.15) is 12.4 Å². The monoisotopic (exact) mass is 381 g/mol. The second-order valence-corrected chi connectivity index (χ2v) is 7.72. The lowest BCUT2D eigenvalue weighted by Gasteiger charge is -2.07. The molecule has 0 aliphatic heterocycles. The highest BCUT2D eigenvalue weighted by atomic mass is 32.1. The van der Waals surface area contributed by atoms with Gasteiger partial charge in [0.15, 0.2) is 0 Å².